The molecular formula is C28H35NO6. The quantitative estimate of drug-likeness (QED) is 0.682. The Kier molecular flexibility index (Phi) is 5.29. The average Bonchev–Trinajstić information content (AvgIpc) is 3.43. The lowest BCUT2D eigenvalue weighted by Gasteiger charge is -2.51. The highest BCUT2D eigenvalue weighted by molar-refractivity contribution is 5.78. The van der Waals surface area contributed by atoms with Crippen LogP contribution in [0.25, 0.3) is 10.9 Å². The van der Waals surface area contributed by atoms with Crippen LogP contribution in [0.1, 0.15) is 69.9 Å². The Morgan fingerprint density at radius 3 is 2.37 bits per heavy atom. The fourth-order valence-corrected chi connectivity index (χ4v) is 7.01. The summed E-state index contributed by atoms with van der Waals surface area (Å²) in [6.45, 7) is 0.496. The molecule has 3 saturated heterocycles. The molecule has 4 atom stereocenters. The highest BCUT2D eigenvalue weighted by Gasteiger charge is 2.72. The largest absolute Gasteiger partial charge is 0.381 e. The highest BCUT2D eigenvalue weighted by Crippen LogP contribution is 2.55. The summed E-state index contributed by atoms with van der Waals surface area (Å²) in [5.41, 5.74) is 0.166. The molecule has 0 bridgehead atoms. The Hall–Kier alpha value is -1.61. The third kappa shape index (κ3) is 3.58. The van der Waals surface area contributed by atoms with Crippen molar-refractivity contribution in [1.82, 2.24) is 4.98 Å². The van der Waals surface area contributed by atoms with Crippen molar-refractivity contribution < 1.29 is 28.8 Å². The number of nitrogens with zero attached hydrogens (tertiary/aromatic N) is 1. The summed E-state index contributed by atoms with van der Waals surface area (Å²) in [6.07, 6.45) is 9.24. The number of rotatable bonds is 2. The number of para-hydroxylation sites is 1. The van der Waals surface area contributed by atoms with Crippen LogP contribution in [-0.2, 0) is 30.1 Å². The zero-order chi connectivity index (χ0) is 23.6. The van der Waals surface area contributed by atoms with Gasteiger partial charge in [-0.1, -0.05) is 37.1 Å². The van der Waals surface area contributed by atoms with Crippen molar-refractivity contribution in [2.45, 2.75) is 106 Å². The van der Waals surface area contributed by atoms with E-state index in [9.17, 15) is 5.11 Å². The van der Waals surface area contributed by atoms with Crippen LogP contribution in [0.15, 0.2) is 36.4 Å². The molecule has 3 aliphatic heterocycles. The van der Waals surface area contributed by atoms with Gasteiger partial charge in [-0.15, -0.1) is 0 Å². The fourth-order valence-electron chi connectivity index (χ4n) is 7.01. The van der Waals surface area contributed by atoms with E-state index in [0.29, 0.717) is 6.61 Å². The summed E-state index contributed by atoms with van der Waals surface area (Å²) >= 11 is 0. The van der Waals surface area contributed by atoms with Crippen molar-refractivity contribution in [1.29, 1.82) is 0 Å². The van der Waals surface area contributed by atoms with Gasteiger partial charge in [-0.3, -0.25) is 4.98 Å². The maximum absolute atomic E-state index is 12.7. The van der Waals surface area contributed by atoms with Crippen LogP contribution in [0, 0.1) is 0 Å². The molecule has 3 spiro atoms. The number of hydrogen-bond acceptors (Lipinski definition) is 7. The molecule has 7 heteroatoms. The van der Waals surface area contributed by atoms with E-state index in [-0.39, 0.29) is 19.1 Å². The first kappa shape index (κ1) is 22.6. The fraction of sp³-hybridized carbons (Fsp3) is 0.679. The van der Waals surface area contributed by atoms with Gasteiger partial charge in [0.25, 0.3) is 0 Å². The molecule has 0 unspecified atom stereocenters. The van der Waals surface area contributed by atoms with Gasteiger partial charge in [-0.2, -0.15) is 0 Å². The maximum Gasteiger partial charge on any atom is 0.227 e. The van der Waals surface area contributed by atoms with Gasteiger partial charge in [-0.05, 0) is 37.8 Å². The minimum absolute atomic E-state index is 0.177. The van der Waals surface area contributed by atoms with Crippen molar-refractivity contribution in [3.8, 4) is 0 Å². The third-order valence-electron chi connectivity index (χ3n) is 8.87. The van der Waals surface area contributed by atoms with Crippen LogP contribution >= 0.6 is 0 Å². The number of aromatic nitrogens is 1. The second-order valence-electron chi connectivity index (χ2n) is 11.2. The number of hydrogen-bond donors (Lipinski definition) is 1. The smallest absolute Gasteiger partial charge is 0.227 e. The SMILES string of the molecule is O[C@]1(Cc2ccc3ccccc3n2)[C@@H]2OC3(CCCCC3)O[C@@H]2CO[C@]12COC1(CCCCC1)O2. The predicted molar refractivity (Wildman–Crippen MR) is 127 cm³/mol. The lowest BCUT2D eigenvalue weighted by atomic mass is 9.78. The molecule has 5 aliphatic rings. The first-order chi connectivity index (χ1) is 17.0. The zero-order valence-corrected chi connectivity index (χ0v) is 20.2. The Balaban J connectivity index is 1.27. The number of pyridine rings is 1. The van der Waals surface area contributed by atoms with Gasteiger partial charge in [0.1, 0.15) is 18.8 Å². The van der Waals surface area contributed by atoms with E-state index in [1.54, 1.807) is 0 Å². The molecule has 1 aromatic carbocycles. The molecule has 2 aliphatic carbocycles. The molecule has 188 valence electrons. The topological polar surface area (TPSA) is 79.3 Å². The second-order valence-corrected chi connectivity index (χ2v) is 11.2. The van der Waals surface area contributed by atoms with Crippen molar-refractivity contribution in [2.75, 3.05) is 13.2 Å². The van der Waals surface area contributed by atoms with E-state index >= 15 is 0 Å². The number of aliphatic hydroxyl groups is 1. The van der Waals surface area contributed by atoms with Crippen LogP contribution in [-0.4, -0.2) is 58.5 Å². The number of benzene rings is 1. The number of ether oxygens (including phenoxy) is 5. The van der Waals surface area contributed by atoms with E-state index in [0.717, 1.165) is 68.0 Å². The van der Waals surface area contributed by atoms with Crippen molar-refractivity contribution in [3.05, 3.63) is 42.1 Å². The van der Waals surface area contributed by atoms with Gasteiger partial charge in [0.2, 0.25) is 5.79 Å². The molecule has 5 fully saturated rings. The monoisotopic (exact) mass is 481 g/mol. The molecule has 7 rings (SSSR count). The lowest BCUT2D eigenvalue weighted by Crippen LogP contribution is -2.72. The maximum atomic E-state index is 12.7. The van der Waals surface area contributed by atoms with E-state index in [1.807, 2.05) is 30.3 Å². The van der Waals surface area contributed by atoms with E-state index < -0.39 is 29.1 Å². The van der Waals surface area contributed by atoms with Gasteiger partial charge in [0.05, 0.1) is 12.1 Å². The molecule has 1 N–H and O–H groups in total. The van der Waals surface area contributed by atoms with Crippen LogP contribution < -0.4 is 0 Å². The molecule has 2 saturated carbocycles. The Bertz CT molecular complexity index is 1080. The second kappa shape index (κ2) is 8.20. The van der Waals surface area contributed by atoms with Crippen LogP contribution in [0.3, 0.4) is 0 Å². The van der Waals surface area contributed by atoms with Crippen LogP contribution in [0.4, 0.5) is 0 Å². The summed E-state index contributed by atoms with van der Waals surface area (Å²) < 4.78 is 32.7. The summed E-state index contributed by atoms with van der Waals surface area (Å²) in [4.78, 5) is 4.88. The van der Waals surface area contributed by atoms with E-state index in [1.165, 1.54) is 12.8 Å². The molecular weight excluding hydrogens is 446 g/mol. The summed E-state index contributed by atoms with van der Waals surface area (Å²) in [6, 6.07) is 12.1. The minimum Gasteiger partial charge on any atom is -0.381 e. The molecule has 0 radical (unpaired) electrons. The third-order valence-corrected chi connectivity index (χ3v) is 8.87. The Labute approximate surface area is 206 Å². The molecule has 1 aromatic heterocycles. The highest BCUT2D eigenvalue weighted by atomic mass is 16.9. The molecule has 0 amide bonds. The van der Waals surface area contributed by atoms with Gasteiger partial charge >= 0.3 is 0 Å². The molecule has 4 heterocycles. The van der Waals surface area contributed by atoms with Crippen molar-refractivity contribution in [3.63, 3.8) is 0 Å². The standard InChI is InChI=1S/C28H35NO6/c30-27(17-21-12-11-20-9-3-4-10-22(20)29-21)24-23(33-26(34-24)15-7-2-8-16-26)18-31-28(27)19-32-25(35-28)13-5-1-6-14-25/h3-4,9-12,23-24,30H,1-2,5-8,13-19H2/t23-,24-,27-,28+/m1/s1. The normalized spacial score (nSPS) is 37.9. The van der Waals surface area contributed by atoms with E-state index in [2.05, 4.69) is 6.07 Å². The zero-order valence-electron chi connectivity index (χ0n) is 20.2. The van der Waals surface area contributed by atoms with Gasteiger partial charge in [0.15, 0.2) is 17.2 Å². The minimum atomic E-state index is -1.51. The van der Waals surface area contributed by atoms with E-state index in [4.69, 9.17) is 28.7 Å². The molecule has 7 nitrogen and oxygen atoms in total. The predicted octanol–water partition coefficient (Wildman–Crippen LogP) is 4.39. The summed E-state index contributed by atoms with van der Waals surface area (Å²) in [7, 11) is 0. The Morgan fingerprint density at radius 2 is 1.57 bits per heavy atom. The van der Waals surface area contributed by atoms with Crippen molar-refractivity contribution in [2.24, 2.45) is 0 Å². The average molecular weight is 482 g/mol. The van der Waals surface area contributed by atoms with Gasteiger partial charge in [0, 0.05) is 43.2 Å². The summed E-state index contributed by atoms with van der Waals surface area (Å²) in [5, 5.41) is 13.7. The first-order valence-electron chi connectivity index (χ1n) is 13.4. The molecule has 35 heavy (non-hydrogen) atoms. The lowest BCUT2D eigenvalue weighted by molar-refractivity contribution is -0.373. The van der Waals surface area contributed by atoms with Crippen LogP contribution in [0.2, 0.25) is 0 Å². The summed E-state index contributed by atoms with van der Waals surface area (Å²) in [5.74, 6) is -2.66. The van der Waals surface area contributed by atoms with Gasteiger partial charge in [-0.25, -0.2) is 0 Å². The van der Waals surface area contributed by atoms with Crippen molar-refractivity contribution >= 4 is 10.9 Å². The van der Waals surface area contributed by atoms with Gasteiger partial charge < -0.3 is 28.8 Å². The Morgan fingerprint density at radius 1 is 0.829 bits per heavy atom. The first-order valence-corrected chi connectivity index (χ1v) is 13.4. The van der Waals surface area contributed by atoms with Crippen LogP contribution in [0.5, 0.6) is 0 Å². The number of fused-ring (bicyclic) bond motifs is 2. The molecule has 2 aromatic rings.